The van der Waals surface area contributed by atoms with Gasteiger partial charge in [0.25, 0.3) is 5.91 Å². The molecule has 3 aromatic heterocycles. The maximum absolute atomic E-state index is 12.3. The van der Waals surface area contributed by atoms with Gasteiger partial charge in [0.15, 0.2) is 17.3 Å². The fraction of sp³-hybridized carbons (Fsp3) is 0.316. The van der Waals surface area contributed by atoms with Gasteiger partial charge in [-0.25, -0.2) is 9.97 Å². The summed E-state index contributed by atoms with van der Waals surface area (Å²) in [5.74, 6) is 1.16. The zero-order valence-electron chi connectivity index (χ0n) is 17.0. The Bertz CT molecular complexity index is 1140. The summed E-state index contributed by atoms with van der Waals surface area (Å²) in [6, 6.07) is 3.36. The molecule has 0 saturated heterocycles. The van der Waals surface area contributed by atoms with Gasteiger partial charge >= 0.3 is 0 Å². The number of thiocarbonyl (C=S) groups is 1. The van der Waals surface area contributed by atoms with Crippen molar-refractivity contribution >= 4 is 40.4 Å². The second-order valence-electron chi connectivity index (χ2n) is 7.05. The van der Waals surface area contributed by atoms with E-state index in [1.54, 1.807) is 36.4 Å². The standard InChI is InChI=1S/C19H21N9O2S/c1-20-18(30)15-13(7-14(25-26-15)24-19(31)10-3-4-10)23-16-12(8-29)11(5-6-21-16)17-22-9-28(2)27-17/h5-7,9-10,29H,3-4,8H2,1-2H3,(H,20,30)(H2,21,23,24,25,31). The van der Waals surface area contributed by atoms with Gasteiger partial charge in [0, 0.05) is 43.4 Å². The minimum Gasteiger partial charge on any atom is -0.392 e. The smallest absolute Gasteiger partial charge is 0.273 e. The zero-order chi connectivity index (χ0) is 22.0. The highest BCUT2D eigenvalue weighted by Crippen LogP contribution is 2.32. The van der Waals surface area contributed by atoms with Gasteiger partial charge in [-0.15, -0.1) is 10.2 Å². The van der Waals surface area contributed by atoms with Crippen LogP contribution in [0, 0.1) is 5.92 Å². The molecule has 3 heterocycles. The van der Waals surface area contributed by atoms with E-state index >= 15 is 0 Å². The van der Waals surface area contributed by atoms with Crippen molar-refractivity contribution in [1.82, 2.24) is 35.3 Å². The van der Waals surface area contributed by atoms with Gasteiger partial charge in [0.05, 0.1) is 17.3 Å². The van der Waals surface area contributed by atoms with E-state index in [0.29, 0.717) is 45.2 Å². The molecule has 31 heavy (non-hydrogen) atoms. The number of rotatable bonds is 7. The van der Waals surface area contributed by atoms with Gasteiger partial charge < -0.3 is 21.1 Å². The van der Waals surface area contributed by atoms with E-state index in [1.165, 1.54) is 7.05 Å². The topological polar surface area (TPSA) is 143 Å². The van der Waals surface area contributed by atoms with Crippen molar-refractivity contribution in [2.24, 2.45) is 13.0 Å². The molecule has 0 radical (unpaired) electrons. The SMILES string of the molecule is CNC(=O)c1nnc(NC(=S)C2CC2)cc1Nc1nccc(-c2ncn(C)n2)c1CO. The molecule has 0 atom stereocenters. The van der Waals surface area contributed by atoms with Gasteiger partial charge in [0.1, 0.15) is 12.1 Å². The van der Waals surface area contributed by atoms with Crippen LogP contribution in [0.25, 0.3) is 11.4 Å². The molecule has 4 rings (SSSR count). The van der Waals surface area contributed by atoms with E-state index in [4.69, 9.17) is 12.2 Å². The Labute approximate surface area is 183 Å². The molecule has 12 heteroatoms. The minimum absolute atomic E-state index is 0.0810. The Morgan fingerprint density at radius 2 is 2.13 bits per heavy atom. The molecule has 1 aliphatic rings. The highest BCUT2D eigenvalue weighted by atomic mass is 32.1. The largest absolute Gasteiger partial charge is 0.392 e. The second-order valence-corrected chi connectivity index (χ2v) is 7.48. The predicted molar refractivity (Wildman–Crippen MR) is 118 cm³/mol. The predicted octanol–water partition coefficient (Wildman–Crippen LogP) is 1.41. The van der Waals surface area contributed by atoms with E-state index in [1.807, 2.05) is 0 Å². The monoisotopic (exact) mass is 439 g/mol. The normalized spacial score (nSPS) is 13.0. The van der Waals surface area contributed by atoms with Crippen LogP contribution >= 0.6 is 12.2 Å². The summed E-state index contributed by atoms with van der Waals surface area (Å²) in [5, 5.41) is 31.2. The Morgan fingerprint density at radius 3 is 2.77 bits per heavy atom. The molecule has 4 N–H and O–H groups in total. The van der Waals surface area contributed by atoms with Crippen molar-refractivity contribution in [3.63, 3.8) is 0 Å². The van der Waals surface area contributed by atoms with Gasteiger partial charge in [-0.2, -0.15) is 5.10 Å². The van der Waals surface area contributed by atoms with Crippen molar-refractivity contribution < 1.29 is 9.90 Å². The Kier molecular flexibility index (Phi) is 5.82. The number of aliphatic hydroxyl groups excluding tert-OH is 1. The van der Waals surface area contributed by atoms with Crippen molar-refractivity contribution in [1.29, 1.82) is 0 Å². The van der Waals surface area contributed by atoms with E-state index in [9.17, 15) is 9.90 Å². The number of nitrogens with one attached hydrogen (secondary N) is 3. The van der Waals surface area contributed by atoms with E-state index < -0.39 is 5.91 Å². The molecule has 0 spiro atoms. The lowest BCUT2D eigenvalue weighted by atomic mass is 10.1. The van der Waals surface area contributed by atoms with Crippen LogP contribution in [-0.4, -0.2) is 53.0 Å². The average molecular weight is 440 g/mol. The third-order valence-electron chi connectivity index (χ3n) is 4.74. The van der Waals surface area contributed by atoms with Gasteiger partial charge in [-0.3, -0.25) is 9.48 Å². The fourth-order valence-corrected chi connectivity index (χ4v) is 3.31. The Hall–Kier alpha value is -3.51. The van der Waals surface area contributed by atoms with Crippen LogP contribution in [0.3, 0.4) is 0 Å². The van der Waals surface area contributed by atoms with E-state index in [2.05, 4.69) is 41.2 Å². The summed E-state index contributed by atoms with van der Waals surface area (Å²) in [5.41, 5.74) is 1.55. The lowest BCUT2D eigenvalue weighted by molar-refractivity contribution is 0.0958. The quantitative estimate of drug-likeness (QED) is 0.399. The van der Waals surface area contributed by atoms with Crippen molar-refractivity contribution in [2.45, 2.75) is 19.4 Å². The lowest BCUT2D eigenvalue weighted by Crippen LogP contribution is -2.22. The molecule has 3 aromatic rings. The lowest BCUT2D eigenvalue weighted by Gasteiger charge is -2.15. The highest BCUT2D eigenvalue weighted by molar-refractivity contribution is 7.80. The molecular weight excluding hydrogens is 418 g/mol. The number of hydrogen-bond donors (Lipinski definition) is 4. The summed E-state index contributed by atoms with van der Waals surface area (Å²) < 4.78 is 1.57. The van der Waals surface area contributed by atoms with Crippen LogP contribution < -0.4 is 16.0 Å². The molecule has 1 aliphatic carbocycles. The molecule has 1 amide bonds. The number of amides is 1. The van der Waals surface area contributed by atoms with Crippen LogP contribution in [0.15, 0.2) is 24.7 Å². The number of aryl methyl sites for hydroxylation is 1. The average Bonchev–Trinajstić information content (AvgIpc) is 3.54. The number of carbonyl (C=O) groups is 1. The minimum atomic E-state index is -0.417. The van der Waals surface area contributed by atoms with Crippen molar-refractivity contribution in [3.8, 4) is 11.4 Å². The molecule has 0 aromatic carbocycles. The number of pyridine rings is 1. The summed E-state index contributed by atoms with van der Waals surface area (Å²) >= 11 is 5.38. The third kappa shape index (κ3) is 4.49. The van der Waals surface area contributed by atoms with E-state index in [0.717, 1.165) is 12.8 Å². The summed E-state index contributed by atoms with van der Waals surface area (Å²) in [6.07, 6.45) is 5.25. The molecule has 11 nitrogen and oxygen atoms in total. The van der Waals surface area contributed by atoms with Crippen LogP contribution in [0.4, 0.5) is 17.3 Å². The van der Waals surface area contributed by atoms with Gasteiger partial charge in [0.2, 0.25) is 0 Å². The van der Waals surface area contributed by atoms with Gasteiger partial charge in [-0.1, -0.05) is 12.2 Å². The molecule has 0 aliphatic heterocycles. The van der Waals surface area contributed by atoms with Crippen molar-refractivity contribution in [3.05, 3.63) is 35.9 Å². The number of aliphatic hydroxyl groups is 1. The summed E-state index contributed by atoms with van der Waals surface area (Å²) in [4.78, 5) is 21.6. The molecule has 1 saturated carbocycles. The number of aromatic nitrogens is 6. The van der Waals surface area contributed by atoms with Crippen LogP contribution in [-0.2, 0) is 13.7 Å². The molecule has 1 fully saturated rings. The summed E-state index contributed by atoms with van der Waals surface area (Å²) in [6.45, 7) is -0.311. The Balaban J connectivity index is 1.71. The number of anilines is 3. The second kappa shape index (κ2) is 8.70. The van der Waals surface area contributed by atoms with Crippen LogP contribution in [0.1, 0.15) is 28.9 Å². The zero-order valence-corrected chi connectivity index (χ0v) is 17.8. The first-order valence-corrected chi connectivity index (χ1v) is 10.0. The van der Waals surface area contributed by atoms with Crippen LogP contribution in [0.5, 0.6) is 0 Å². The Morgan fingerprint density at radius 1 is 1.32 bits per heavy atom. The number of carbonyl (C=O) groups excluding carboxylic acids is 1. The number of hydrogen-bond acceptors (Lipinski definition) is 9. The number of nitrogens with zero attached hydrogens (tertiary/aromatic N) is 6. The summed E-state index contributed by atoms with van der Waals surface area (Å²) in [7, 11) is 3.27. The van der Waals surface area contributed by atoms with Crippen LogP contribution in [0.2, 0.25) is 0 Å². The fourth-order valence-electron chi connectivity index (χ4n) is 2.97. The third-order valence-corrected chi connectivity index (χ3v) is 5.18. The molecule has 160 valence electrons. The van der Waals surface area contributed by atoms with Crippen molar-refractivity contribution in [2.75, 3.05) is 17.7 Å². The molecule has 0 bridgehead atoms. The first-order valence-electron chi connectivity index (χ1n) is 9.62. The first-order chi connectivity index (χ1) is 15.0. The molecule has 0 unspecified atom stereocenters. The van der Waals surface area contributed by atoms with E-state index in [-0.39, 0.29) is 12.3 Å². The highest BCUT2D eigenvalue weighted by Gasteiger charge is 2.27. The van der Waals surface area contributed by atoms with Gasteiger partial charge in [-0.05, 0) is 18.9 Å². The molecular formula is C19H21N9O2S. The maximum atomic E-state index is 12.3. The first kappa shape index (κ1) is 20.8. The maximum Gasteiger partial charge on any atom is 0.273 e.